The number of carbonyl (C=O) groups excluding carboxylic acids is 3. The fourth-order valence-electron chi connectivity index (χ4n) is 5.39. The molecule has 2 aliphatic heterocycles. The van der Waals surface area contributed by atoms with Crippen LogP contribution in [0.1, 0.15) is 22.3 Å². The molecule has 22 heteroatoms. The maximum absolute atomic E-state index is 13.0. The van der Waals surface area contributed by atoms with E-state index in [2.05, 4.69) is 24.9 Å². The number of carbonyl (C=O) groups is 4. The van der Waals surface area contributed by atoms with E-state index in [0.717, 1.165) is 24.3 Å². The van der Waals surface area contributed by atoms with Gasteiger partial charge in [0.25, 0.3) is 0 Å². The van der Waals surface area contributed by atoms with Gasteiger partial charge in [0.1, 0.15) is 12.7 Å². The maximum atomic E-state index is 13.0. The Labute approximate surface area is 332 Å². The van der Waals surface area contributed by atoms with Gasteiger partial charge in [0, 0.05) is 61.9 Å². The van der Waals surface area contributed by atoms with Gasteiger partial charge in [-0.25, -0.2) is 19.3 Å². The number of hydrogen-bond acceptors (Lipinski definition) is 10. The number of carboxylic acid groups (broad SMARTS) is 1. The van der Waals surface area contributed by atoms with Crippen LogP contribution in [0.4, 0.5) is 26.3 Å². The second-order valence-electron chi connectivity index (χ2n) is 12.6. The molecule has 0 saturated carbocycles. The van der Waals surface area contributed by atoms with Crippen molar-refractivity contribution >= 4 is 36.2 Å². The maximum Gasteiger partial charge on any atom is 1.00 e. The topological polar surface area (TPSA) is 196 Å². The minimum absolute atomic E-state index is 0. The molecule has 298 valence electrons. The summed E-state index contributed by atoms with van der Waals surface area (Å²) in [7, 11) is 1.29. The van der Waals surface area contributed by atoms with Crippen molar-refractivity contribution in [2.75, 3.05) is 33.3 Å². The zero-order chi connectivity index (χ0) is 40.2. The Morgan fingerprint density at radius 3 is 1.44 bits per heavy atom. The van der Waals surface area contributed by atoms with E-state index in [1.54, 1.807) is 19.9 Å². The van der Waals surface area contributed by atoms with Gasteiger partial charge in [-0.3, -0.25) is 19.2 Å². The van der Waals surface area contributed by atoms with Gasteiger partial charge in [-0.1, -0.05) is 0 Å². The Bertz CT molecular complexity index is 2160. The van der Waals surface area contributed by atoms with E-state index in [0.29, 0.717) is 11.1 Å². The first kappa shape index (κ1) is 45.6. The summed E-state index contributed by atoms with van der Waals surface area (Å²) in [5.41, 5.74) is -0.257. The summed E-state index contributed by atoms with van der Waals surface area (Å²) in [6.45, 7) is 3.95. The number of aromatic nitrogens is 6. The molecule has 2 N–H and O–H groups in total. The normalized spacial score (nSPS) is 14.5. The van der Waals surface area contributed by atoms with Crippen LogP contribution in [0.5, 0.6) is 0 Å². The summed E-state index contributed by atoms with van der Waals surface area (Å²) in [5.74, 6) is -2.65. The van der Waals surface area contributed by atoms with Crippen LogP contribution in [-0.2, 0) is 36.3 Å². The minimum Gasteiger partial charge on any atom is -0.870 e. The van der Waals surface area contributed by atoms with Crippen LogP contribution in [0.15, 0.2) is 61.2 Å². The predicted octanol–water partition coefficient (Wildman–Crippen LogP) is 1.49. The first-order valence-corrected chi connectivity index (χ1v) is 16.3. The number of rotatable bonds is 8. The van der Waals surface area contributed by atoms with Crippen LogP contribution >= 0.6 is 0 Å². The van der Waals surface area contributed by atoms with Gasteiger partial charge in [0.2, 0.25) is 11.8 Å². The van der Waals surface area contributed by atoms with Crippen LogP contribution in [0, 0.1) is 25.7 Å². The number of halogens is 6. The van der Waals surface area contributed by atoms with Gasteiger partial charge >= 0.3 is 43.2 Å². The van der Waals surface area contributed by atoms with Crippen molar-refractivity contribution in [3.05, 3.63) is 83.5 Å². The fourth-order valence-corrected chi connectivity index (χ4v) is 5.39. The molecular formula is C35H33F6LiN8O7. The van der Waals surface area contributed by atoms with Crippen LogP contribution in [0.2, 0.25) is 0 Å². The number of methoxy groups -OCH3 is 1. The zero-order valence-corrected chi connectivity index (χ0v) is 30.7. The Balaban J connectivity index is 0.000000295. The van der Waals surface area contributed by atoms with Crippen molar-refractivity contribution in [1.29, 1.82) is 0 Å². The molecule has 4 aromatic rings. The van der Waals surface area contributed by atoms with Crippen molar-refractivity contribution in [3.63, 3.8) is 0 Å². The molecule has 57 heavy (non-hydrogen) atoms. The number of esters is 1. The average Bonchev–Trinajstić information content (AvgIpc) is 3.74. The smallest absolute Gasteiger partial charge is 0.870 e. The molecule has 2 aromatic heterocycles. The van der Waals surface area contributed by atoms with Crippen LogP contribution in [0.25, 0.3) is 35.2 Å². The third kappa shape index (κ3) is 11.6. The van der Waals surface area contributed by atoms with E-state index in [1.807, 2.05) is 0 Å². The molecule has 4 heterocycles. The molecule has 2 amide bonds. The summed E-state index contributed by atoms with van der Waals surface area (Å²) < 4.78 is 84.7. The summed E-state index contributed by atoms with van der Waals surface area (Å²) in [5, 5.41) is 16.9. The average molecular weight is 799 g/mol. The van der Waals surface area contributed by atoms with Gasteiger partial charge in [-0.05, 0) is 61.4 Å². The number of benzene rings is 2. The molecule has 2 fully saturated rings. The van der Waals surface area contributed by atoms with Crippen LogP contribution in [0.3, 0.4) is 0 Å². The van der Waals surface area contributed by atoms with E-state index in [9.17, 15) is 45.5 Å². The van der Waals surface area contributed by atoms with Crippen molar-refractivity contribution in [3.8, 4) is 22.8 Å². The molecule has 0 bridgehead atoms. The standard InChI is InChI=1S/C18H17F3N4O3.C17H15F3N4O3.Li.H2O/c1-11-5-12(7-14(6-11)18(19,20)21)16-22-10-25(23-16)4-3-15(26)24-8-13(9-24)17(27)28-2;1-10-4-11(6-13(5-10)17(18,19)20)15-21-9-24(22-15)3-2-14(25)23-7-12(8-23)16(26)27;;/h3-7,10,13H,8-9H2,1-2H3;2-6,9,12H,7-8H2,1H3,(H,26,27);;1H2/q;;+1;/p-1/b4-3-;3-2-;;. The van der Waals surface area contributed by atoms with E-state index in [-0.39, 0.29) is 97.0 Å². The minimum atomic E-state index is -4.47. The fraction of sp³-hybridized carbons (Fsp3) is 0.314. The molecular weight excluding hydrogens is 765 g/mol. The van der Waals surface area contributed by atoms with Gasteiger partial charge < -0.3 is 25.1 Å². The van der Waals surface area contributed by atoms with E-state index in [1.165, 1.54) is 69.5 Å². The monoisotopic (exact) mass is 798 g/mol. The number of alkyl halides is 6. The van der Waals surface area contributed by atoms with Gasteiger partial charge in [-0.2, -0.15) is 26.3 Å². The summed E-state index contributed by atoms with van der Waals surface area (Å²) >= 11 is 0. The predicted molar refractivity (Wildman–Crippen MR) is 183 cm³/mol. The Hall–Kier alpha value is -5.78. The van der Waals surface area contributed by atoms with Crippen LogP contribution in [-0.4, -0.2) is 107 Å². The Morgan fingerprint density at radius 2 is 1.09 bits per heavy atom. The molecule has 6 rings (SSSR count). The molecule has 0 spiro atoms. The number of aliphatic carboxylic acids is 1. The summed E-state index contributed by atoms with van der Waals surface area (Å²) in [6.07, 6.45) is -1.25. The number of amides is 2. The molecule has 0 atom stereocenters. The number of hydrogen-bond donors (Lipinski definition) is 1. The van der Waals surface area contributed by atoms with Gasteiger partial charge in [-0.15, -0.1) is 10.2 Å². The molecule has 0 radical (unpaired) electrons. The van der Waals surface area contributed by atoms with E-state index >= 15 is 0 Å². The zero-order valence-electron chi connectivity index (χ0n) is 30.7. The van der Waals surface area contributed by atoms with Crippen molar-refractivity contribution in [1.82, 2.24) is 39.3 Å². The molecule has 2 aromatic carbocycles. The number of likely N-dealkylation sites (tertiary alicyclic amines) is 2. The summed E-state index contributed by atoms with van der Waals surface area (Å²) in [6, 6.07) is 7.12. The van der Waals surface area contributed by atoms with E-state index in [4.69, 9.17) is 5.11 Å². The van der Waals surface area contributed by atoms with Crippen LogP contribution < -0.4 is 18.9 Å². The molecule has 0 unspecified atom stereocenters. The second-order valence-corrected chi connectivity index (χ2v) is 12.6. The second kappa shape index (κ2) is 18.4. The molecule has 2 aliphatic rings. The quantitative estimate of drug-likeness (QED) is 0.117. The molecule has 0 aliphatic carbocycles. The third-order valence-electron chi connectivity index (χ3n) is 8.35. The first-order valence-electron chi connectivity index (χ1n) is 16.3. The summed E-state index contributed by atoms with van der Waals surface area (Å²) in [4.78, 5) is 56.8. The molecule has 15 nitrogen and oxygen atoms in total. The van der Waals surface area contributed by atoms with E-state index < -0.39 is 35.4 Å². The molecule has 2 saturated heterocycles. The van der Waals surface area contributed by atoms with Gasteiger partial charge in [0.05, 0.1) is 30.1 Å². The third-order valence-corrected chi connectivity index (χ3v) is 8.35. The number of aryl methyl sites for hydroxylation is 2. The number of carboxylic acids is 1. The van der Waals surface area contributed by atoms with Crippen molar-refractivity contribution in [2.24, 2.45) is 11.8 Å². The Morgan fingerprint density at radius 1 is 0.702 bits per heavy atom. The SMILES string of the molecule is COC(=O)C1CN(C(=O)/C=C\n2cnc(-c3cc(C)cc(C(F)(F)F)c3)n2)C1.Cc1cc(-c2ncn(/C=C\C(=O)N3CC(C(=O)O)C3)n2)cc(C(F)(F)F)c1.[Li+].[OH-]. The van der Waals surface area contributed by atoms with Crippen molar-refractivity contribution < 1.29 is 79.7 Å². The number of ether oxygens (including phenoxy) is 1. The largest absolute Gasteiger partial charge is 1.00 e. The number of nitrogens with zero attached hydrogens (tertiary/aromatic N) is 8. The first-order chi connectivity index (χ1) is 25.8. The van der Waals surface area contributed by atoms with Crippen molar-refractivity contribution in [2.45, 2.75) is 26.2 Å². The Kier molecular flexibility index (Phi) is 14.8. The van der Waals surface area contributed by atoms with Gasteiger partial charge in [0.15, 0.2) is 11.6 Å².